The summed E-state index contributed by atoms with van der Waals surface area (Å²) in [6.45, 7) is 2.32. The fourth-order valence-corrected chi connectivity index (χ4v) is 3.95. The van der Waals surface area contributed by atoms with Gasteiger partial charge in [0, 0.05) is 24.6 Å². The molecule has 1 aromatic heterocycles. The van der Waals surface area contributed by atoms with E-state index in [0.717, 1.165) is 21.4 Å². The molecule has 2 atom stereocenters. The van der Waals surface area contributed by atoms with Crippen LogP contribution in [0.2, 0.25) is 0 Å². The number of nitrogens with zero attached hydrogens (tertiary/aromatic N) is 2. The van der Waals surface area contributed by atoms with E-state index in [1.165, 1.54) is 18.4 Å². The summed E-state index contributed by atoms with van der Waals surface area (Å²) in [5.41, 5.74) is 3.21. The molecule has 2 aromatic rings. The van der Waals surface area contributed by atoms with Crippen LogP contribution in [-0.4, -0.2) is 16.2 Å². The molecule has 1 fully saturated rings. The van der Waals surface area contributed by atoms with Crippen LogP contribution in [0.5, 0.6) is 0 Å². The molecule has 1 N–H and O–H groups in total. The Balaban J connectivity index is 2.15. The van der Waals surface area contributed by atoms with Gasteiger partial charge in [0.1, 0.15) is 0 Å². The van der Waals surface area contributed by atoms with Crippen molar-refractivity contribution in [2.75, 3.05) is 7.05 Å². The van der Waals surface area contributed by atoms with Crippen LogP contribution >= 0.6 is 15.9 Å². The van der Waals surface area contributed by atoms with Crippen molar-refractivity contribution in [3.05, 3.63) is 32.7 Å². The van der Waals surface area contributed by atoms with E-state index >= 15 is 0 Å². The van der Waals surface area contributed by atoms with Gasteiger partial charge in [-0.2, -0.15) is 0 Å². The van der Waals surface area contributed by atoms with Crippen LogP contribution in [-0.2, 0) is 14.1 Å². The fourth-order valence-electron chi connectivity index (χ4n) is 3.37. The van der Waals surface area contributed by atoms with Crippen LogP contribution < -0.4 is 11.0 Å². The van der Waals surface area contributed by atoms with E-state index in [9.17, 15) is 4.79 Å². The average molecular weight is 352 g/mol. The summed E-state index contributed by atoms with van der Waals surface area (Å²) >= 11 is 3.70. The van der Waals surface area contributed by atoms with Gasteiger partial charge in [-0.3, -0.25) is 9.13 Å². The number of hydrogen-bond acceptors (Lipinski definition) is 2. The van der Waals surface area contributed by atoms with Crippen LogP contribution in [0.1, 0.15) is 31.4 Å². The molecule has 5 heteroatoms. The summed E-state index contributed by atoms with van der Waals surface area (Å²) in [5.74, 6) is 1.43. The Morgan fingerprint density at radius 3 is 2.33 bits per heavy atom. The lowest BCUT2D eigenvalue weighted by atomic mass is 9.90. The number of halogens is 1. The van der Waals surface area contributed by atoms with Crippen molar-refractivity contribution in [1.29, 1.82) is 0 Å². The minimum absolute atomic E-state index is 0.0188. The number of aromatic nitrogens is 2. The van der Waals surface area contributed by atoms with E-state index < -0.39 is 0 Å². The second-order valence-corrected chi connectivity index (χ2v) is 7.08. The molecule has 1 saturated carbocycles. The van der Waals surface area contributed by atoms with Gasteiger partial charge in [-0.15, -0.1) is 0 Å². The zero-order valence-electron chi connectivity index (χ0n) is 13.0. The quantitative estimate of drug-likeness (QED) is 0.919. The van der Waals surface area contributed by atoms with Gasteiger partial charge in [-0.25, -0.2) is 4.79 Å². The molecule has 1 aliphatic carbocycles. The first-order valence-electron chi connectivity index (χ1n) is 7.47. The highest BCUT2D eigenvalue weighted by Gasteiger charge is 2.34. The number of imidazole rings is 1. The molecule has 0 amide bonds. The Morgan fingerprint density at radius 2 is 1.81 bits per heavy atom. The molecule has 21 heavy (non-hydrogen) atoms. The number of hydrogen-bond donors (Lipinski definition) is 1. The number of nitrogens with one attached hydrogen (secondary N) is 1. The van der Waals surface area contributed by atoms with Crippen molar-refractivity contribution in [3.8, 4) is 0 Å². The minimum atomic E-state index is 0.0188. The maximum Gasteiger partial charge on any atom is 0.328 e. The Hall–Kier alpha value is -1.07. The standard InChI is InChI=1S/C16H22BrN3O/c1-9(10-5-6-10)15(18-2)11-7-13-14(8-12(11)17)20(4)16(21)19(13)3/h7-10,15,18H,5-6H2,1-4H3. The van der Waals surface area contributed by atoms with Gasteiger partial charge in [0.2, 0.25) is 0 Å². The first kappa shape index (κ1) is 14.9. The van der Waals surface area contributed by atoms with Crippen LogP contribution in [0.25, 0.3) is 11.0 Å². The van der Waals surface area contributed by atoms with E-state index in [1.807, 2.05) is 21.1 Å². The molecule has 1 aliphatic rings. The highest BCUT2D eigenvalue weighted by atomic mass is 79.9. The summed E-state index contributed by atoms with van der Waals surface area (Å²) in [4.78, 5) is 12.1. The molecular formula is C16H22BrN3O. The van der Waals surface area contributed by atoms with Gasteiger partial charge in [0.05, 0.1) is 11.0 Å². The molecule has 0 bridgehead atoms. The van der Waals surface area contributed by atoms with Gasteiger partial charge >= 0.3 is 5.69 Å². The fraction of sp³-hybridized carbons (Fsp3) is 0.562. The summed E-state index contributed by atoms with van der Waals surface area (Å²) in [6.07, 6.45) is 2.67. The van der Waals surface area contributed by atoms with Crippen molar-refractivity contribution in [1.82, 2.24) is 14.5 Å². The summed E-state index contributed by atoms with van der Waals surface area (Å²) < 4.78 is 4.49. The third-order valence-corrected chi connectivity index (χ3v) is 5.61. The molecule has 114 valence electrons. The molecule has 3 rings (SSSR count). The Morgan fingerprint density at radius 1 is 1.24 bits per heavy atom. The van der Waals surface area contributed by atoms with Crippen LogP contribution in [0.4, 0.5) is 0 Å². The second-order valence-electron chi connectivity index (χ2n) is 6.23. The minimum Gasteiger partial charge on any atom is -0.313 e. The van der Waals surface area contributed by atoms with Crippen molar-refractivity contribution >= 4 is 27.0 Å². The average Bonchev–Trinajstić information content (AvgIpc) is 3.28. The predicted molar refractivity (Wildman–Crippen MR) is 89.5 cm³/mol. The summed E-state index contributed by atoms with van der Waals surface area (Å²) in [5, 5.41) is 3.46. The molecule has 4 nitrogen and oxygen atoms in total. The largest absolute Gasteiger partial charge is 0.328 e. The lowest BCUT2D eigenvalue weighted by molar-refractivity contribution is 0.368. The SMILES string of the molecule is CNC(c1cc2c(cc1Br)n(C)c(=O)n2C)C(C)C1CC1. The van der Waals surface area contributed by atoms with Gasteiger partial charge in [-0.05, 0) is 49.4 Å². The Labute approximate surface area is 133 Å². The molecule has 1 aromatic carbocycles. The Bertz CT molecular complexity index is 742. The molecule has 0 radical (unpaired) electrons. The van der Waals surface area contributed by atoms with E-state index in [1.54, 1.807) is 9.13 Å². The molecular weight excluding hydrogens is 330 g/mol. The first-order chi connectivity index (χ1) is 9.95. The van der Waals surface area contributed by atoms with Crippen molar-refractivity contribution in [2.24, 2.45) is 25.9 Å². The second kappa shape index (κ2) is 5.29. The van der Waals surface area contributed by atoms with E-state index in [2.05, 4.69) is 40.3 Å². The third kappa shape index (κ3) is 2.36. The topological polar surface area (TPSA) is 39.0 Å². The molecule has 1 heterocycles. The maximum absolute atomic E-state index is 12.1. The van der Waals surface area contributed by atoms with Crippen molar-refractivity contribution in [2.45, 2.75) is 25.8 Å². The van der Waals surface area contributed by atoms with Gasteiger partial charge < -0.3 is 5.32 Å². The zero-order chi connectivity index (χ0) is 15.3. The Kier molecular flexibility index (Phi) is 3.74. The lowest BCUT2D eigenvalue weighted by Gasteiger charge is -2.25. The van der Waals surface area contributed by atoms with Crippen LogP contribution in [0, 0.1) is 11.8 Å². The predicted octanol–water partition coefficient (Wildman–Crippen LogP) is 2.95. The highest BCUT2D eigenvalue weighted by molar-refractivity contribution is 9.10. The van der Waals surface area contributed by atoms with Gasteiger partial charge in [-0.1, -0.05) is 22.9 Å². The van der Waals surface area contributed by atoms with E-state index in [4.69, 9.17) is 0 Å². The summed E-state index contributed by atoms with van der Waals surface area (Å²) in [6, 6.07) is 4.53. The number of rotatable bonds is 4. The molecule has 2 unspecified atom stereocenters. The maximum atomic E-state index is 12.1. The van der Waals surface area contributed by atoms with Crippen molar-refractivity contribution in [3.63, 3.8) is 0 Å². The summed E-state index contributed by atoms with van der Waals surface area (Å²) in [7, 11) is 5.67. The number of fused-ring (bicyclic) bond motifs is 1. The molecule has 0 spiro atoms. The van der Waals surface area contributed by atoms with Crippen LogP contribution in [0.15, 0.2) is 21.4 Å². The van der Waals surface area contributed by atoms with Crippen LogP contribution in [0.3, 0.4) is 0 Å². The monoisotopic (exact) mass is 351 g/mol. The van der Waals surface area contributed by atoms with Crippen molar-refractivity contribution < 1.29 is 0 Å². The third-order valence-electron chi connectivity index (χ3n) is 4.93. The zero-order valence-corrected chi connectivity index (χ0v) is 14.6. The van der Waals surface area contributed by atoms with E-state index in [-0.39, 0.29) is 5.69 Å². The lowest BCUT2D eigenvalue weighted by Crippen LogP contribution is -2.25. The van der Waals surface area contributed by atoms with E-state index in [0.29, 0.717) is 12.0 Å². The van der Waals surface area contributed by atoms with Gasteiger partial charge in [0.25, 0.3) is 0 Å². The smallest absolute Gasteiger partial charge is 0.313 e. The number of aryl methyl sites for hydroxylation is 2. The highest BCUT2D eigenvalue weighted by Crippen LogP contribution is 2.44. The number of benzene rings is 1. The van der Waals surface area contributed by atoms with Gasteiger partial charge in [0.15, 0.2) is 0 Å². The normalized spacial score (nSPS) is 18.1. The molecule has 0 aliphatic heterocycles. The molecule has 0 saturated heterocycles. The first-order valence-corrected chi connectivity index (χ1v) is 8.27.